The van der Waals surface area contributed by atoms with Crippen molar-refractivity contribution >= 4 is 5.65 Å². The number of ether oxygens (including phenoxy) is 1. The number of imidazole rings is 1. The highest BCUT2D eigenvalue weighted by Crippen LogP contribution is 2.11. The Morgan fingerprint density at radius 2 is 2.06 bits per heavy atom. The van der Waals surface area contributed by atoms with Crippen LogP contribution in [0.2, 0.25) is 0 Å². The van der Waals surface area contributed by atoms with Crippen LogP contribution in [0.5, 0.6) is 5.75 Å². The lowest BCUT2D eigenvalue weighted by atomic mass is 10.3. The number of aromatic nitrogens is 3. The van der Waals surface area contributed by atoms with E-state index in [9.17, 15) is 5.21 Å². The number of hydrogen-bond acceptors (Lipinski definition) is 3. The van der Waals surface area contributed by atoms with Gasteiger partial charge in [-0.3, -0.25) is 0 Å². The molecule has 0 fully saturated rings. The van der Waals surface area contributed by atoms with Crippen molar-refractivity contribution in [3.8, 4) is 5.75 Å². The molecule has 3 aromatic heterocycles. The molecule has 0 amide bonds. The molecule has 5 heteroatoms. The van der Waals surface area contributed by atoms with Crippen molar-refractivity contribution in [2.45, 2.75) is 6.61 Å². The summed E-state index contributed by atoms with van der Waals surface area (Å²) in [4.78, 5) is 4.17. The van der Waals surface area contributed by atoms with Gasteiger partial charge in [-0.1, -0.05) is 6.07 Å². The summed E-state index contributed by atoms with van der Waals surface area (Å²) in [5.74, 6) is 0.674. The third-order valence-electron chi connectivity index (χ3n) is 2.63. The fourth-order valence-corrected chi connectivity index (χ4v) is 1.71. The lowest BCUT2D eigenvalue weighted by molar-refractivity contribution is -0.605. The molecule has 5 nitrogen and oxygen atoms in total. The van der Waals surface area contributed by atoms with Crippen LogP contribution >= 0.6 is 0 Å². The summed E-state index contributed by atoms with van der Waals surface area (Å²) >= 11 is 0. The van der Waals surface area contributed by atoms with E-state index in [0.29, 0.717) is 12.4 Å². The zero-order valence-corrected chi connectivity index (χ0v) is 9.56. The monoisotopic (exact) mass is 241 g/mol. The smallest absolute Gasteiger partial charge is 0.184 e. The van der Waals surface area contributed by atoms with Crippen LogP contribution in [0.3, 0.4) is 0 Å². The van der Waals surface area contributed by atoms with Crippen LogP contribution in [0.4, 0.5) is 0 Å². The lowest BCUT2D eigenvalue weighted by Crippen LogP contribution is -2.23. The summed E-state index contributed by atoms with van der Waals surface area (Å²) in [6.45, 7) is 0.455. The Bertz CT molecular complexity index is 661. The molecule has 0 spiro atoms. The molecule has 3 heterocycles. The maximum Gasteiger partial charge on any atom is 0.184 e. The van der Waals surface area contributed by atoms with E-state index in [0.717, 1.165) is 15.9 Å². The van der Waals surface area contributed by atoms with Crippen molar-refractivity contribution in [1.29, 1.82) is 0 Å². The number of hydrogen-bond donors (Lipinski definition) is 0. The highest BCUT2D eigenvalue weighted by atomic mass is 16.5. The predicted octanol–water partition coefficient (Wildman–Crippen LogP) is 1.55. The molecule has 90 valence electrons. The zero-order chi connectivity index (χ0) is 12.4. The summed E-state index contributed by atoms with van der Waals surface area (Å²) in [7, 11) is 0. The van der Waals surface area contributed by atoms with E-state index in [1.165, 1.54) is 12.4 Å². The van der Waals surface area contributed by atoms with Gasteiger partial charge in [0.2, 0.25) is 0 Å². The second kappa shape index (κ2) is 4.37. The second-order valence-corrected chi connectivity index (χ2v) is 3.91. The Morgan fingerprint density at radius 3 is 2.89 bits per heavy atom. The summed E-state index contributed by atoms with van der Waals surface area (Å²) in [5.41, 5.74) is 1.95. The molecule has 0 saturated carbocycles. The molecule has 3 aromatic rings. The molecular weight excluding hydrogens is 230 g/mol. The fraction of sp³-hybridized carbons (Fsp3) is 0.0769. The minimum atomic E-state index is 0.455. The first-order valence-electron chi connectivity index (χ1n) is 5.54. The summed E-state index contributed by atoms with van der Waals surface area (Å²) in [6.07, 6.45) is 8.44. The van der Waals surface area contributed by atoms with Crippen molar-refractivity contribution < 1.29 is 9.47 Å². The average Bonchev–Trinajstić information content (AvgIpc) is 2.85. The summed E-state index contributed by atoms with van der Waals surface area (Å²) in [6, 6.07) is 7.19. The standard InChI is InChI=1S/C13H11N3O2/c17-16-6-3-12(4-7-16)18-10-11-1-2-13-14-5-8-15(13)9-11/h1-9H,10H2. The number of pyridine rings is 2. The van der Waals surface area contributed by atoms with E-state index >= 15 is 0 Å². The number of rotatable bonds is 3. The third kappa shape index (κ3) is 2.10. The van der Waals surface area contributed by atoms with Gasteiger partial charge in [-0.15, -0.1) is 0 Å². The van der Waals surface area contributed by atoms with E-state index in [-0.39, 0.29) is 0 Å². The molecule has 0 aliphatic heterocycles. The minimum absolute atomic E-state index is 0.455. The second-order valence-electron chi connectivity index (χ2n) is 3.91. The molecular formula is C13H11N3O2. The third-order valence-corrected chi connectivity index (χ3v) is 2.63. The van der Waals surface area contributed by atoms with Gasteiger partial charge in [0, 0.05) is 36.3 Å². The highest BCUT2D eigenvalue weighted by molar-refractivity contribution is 5.39. The SMILES string of the molecule is [O-][n+]1ccc(OCc2ccc3nccn3c2)cc1. The van der Waals surface area contributed by atoms with Crippen LogP contribution in [0.25, 0.3) is 5.65 Å². The van der Waals surface area contributed by atoms with Crippen molar-refractivity contribution in [2.75, 3.05) is 0 Å². The first kappa shape index (κ1) is 10.6. The van der Waals surface area contributed by atoms with Gasteiger partial charge >= 0.3 is 0 Å². The molecule has 0 aliphatic carbocycles. The maximum absolute atomic E-state index is 10.9. The average molecular weight is 241 g/mol. The van der Waals surface area contributed by atoms with Crippen molar-refractivity contribution in [3.05, 3.63) is 66.0 Å². The Kier molecular flexibility index (Phi) is 2.57. The minimum Gasteiger partial charge on any atom is -0.619 e. The Balaban J connectivity index is 1.74. The molecule has 0 unspecified atom stereocenters. The molecule has 0 bridgehead atoms. The molecule has 0 N–H and O–H groups in total. The van der Waals surface area contributed by atoms with Gasteiger partial charge in [0.15, 0.2) is 12.4 Å². The van der Waals surface area contributed by atoms with E-state index in [1.807, 2.05) is 28.9 Å². The van der Waals surface area contributed by atoms with Gasteiger partial charge in [-0.2, -0.15) is 4.73 Å². The summed E-state index contributed by atoms with van der Waals surface area (Å²) < 4.78 is 8.25. The first-order valence-corrected chi connectivity index (χ1v) is 5.54. The predicted molar refractivity (Wildman–Crippen MR) is 64.9 cm³/mol. The molecule has 0 saturated heterocycles. The molecule has 0 aliphatic rings. The van der Waals surface area contributed by atoms with Crippen LogP contribution in [0, 0.1) is 5.21 Å². The summed E-state index contributed by atoms with van der Waals surface area (Å²) in [5, 5.41) is 10.9. The van der Waals surface area contributed by atoms with Crippen LogP contribution in [-0.4, -0.2) is 9.38 Å². The Hall–Kier alpha value is -2.56. The maximum atomic E-state index is 10.9. The topological polar surface area (TPSA) is 53.5 Å². The van der Waals surface area contributed by atoms with E-state index in [1.54, 1.807) is 18.3 Å². The molecule has 0 aromatic carbocycles. The van der Waals surface area contributed by atoms with Crippen LogP contribution in [0.1, 0.15) is 5.56 Å². The Morgan fingerprint density at radius 1 is 1.22 bits per heavy atom. The Labute approximate surface area is 103 Å². The quantitative estimate of drug-likeness (QED) is 0.516. The van der Waals surface area contributed by atoms with Gasteiger partial charge in [0.1, 0.15) is 18.0 Å². The van der Waals surface area contributed by atoms with Gasteiger partial charge < -0.3 is 14.3 Å². The molecule has 18 heavy (non-hydrogen) atoms. The fourth-order valence-electron chi connectivity index (χ4n) is 1.71. The normalized spacial score (nSPS) is 10.7. The van der Waals surface area contributed by atoms with Crippen LogP contribution < -0.4 is 9.47 Å². The first-order chi connectivity index (χ1) is 8.81. The van der Waals surface area contributed by atoms with Gasteiger partial charge in [0.25, 0.3) is 0 Å². The van der Waals surface area contributed by atoms with Crippen molar-refractivity contribution in [1.82, 2.24) is 9.38 Å². The van der Waals surface area contributed by atoms with Gasteiger partial charge in [0.05, 0.1) is 0 Å². The van der Waals surface area contributed by atoms with Crippen LogP contribution in [0.15, 0.2) is 55.2 Å². The zero-order valence-electron chi connectivity index (χ0n) is 9.56. The number of nitrogens with zero attached hydrogens (tertiary/aromatic N) is 3. The van der Waals surface area contributed by atoms with E-state index in [4.69, 9.17) is 4.74 Å². The van der Waals surface area contributed by atoms with Gasteiger partial charge in [-0.25, -0.2) is 4.98 Å². The van der Waals surface area contributed by atoms with Crippen LogP contribution in [-0.2, 0) is 6.61 Å². The highest BCUT2D eigenvalue weighted by Gasteiger charge is 1.99. The molecule has 3 rings (SSSR count). The molecule has 0 atom stereocenters. The van der Waals surface area contributed by atoms with E-state index < -0.39 is 0 Å². The largest absolute Gasteiger partial charge is 0.619 e. The van der Waals surface area contributed by atoms with Gasteiger partial charge in [-0.05, 0) is 6.07 Å². The molecule has 0 radical (unpaired) electrons. The lowest BCUT2D eigenvalue weighted by Gasteiger charge is -2.06. The number of fused-ring (bicyclic) bond motifs is 1. The van der Waals surface area contributed by atoms with Crippen molar-refractivity contribution in [3.63, 3.8) is 0 Å². The van der Waals surface area contributed by atoms with Crippen molar-refractivity contribution in [2.24, 2.45) is 0 Å². The van der Waals surface area contributed by atoms with E-state index in [2.05, 4.69) is 4.98 Å².